The first kappa shape index (κ1) is 13.4. The van der Waals surface area contributed by atoms with Crippen LogP contribution in [0.4, 0.5) is 5.82 Å². The summed E-state index contributed by atoms with van der Waals surface area (Å²) >= 11 is 0. The fraction of sp³-hybridized carbons (Fsp3) is 0.583. The molecule has 0 radical (unpaired) electrons. The Hall–Kier alpha value is -1.65. The Balaban J connectivity index is 2.75. The second kappa shape index (κ2) is 6.18. The zero-order chi connectivity index (χ0) is 12.8. The van der Waals surface area contributed by atoms with Crippen molar-refractivity contribution in [1.82, 2.24) is 14.9 Å². The van der Waals surface area contributed by atoms with E-state index in [2.05, 4.69) is 23.8 Å². The topological polar surface area (TPSA) is 72.1 Å². The number of hydrogen-bond acceptors (Lipinski definition) is 4. The average Bonchev–Trinajstić information content (AvgIpc) is 2.35. The van der Waals surface area contributed by atoms with E-state index < -0.39 is 0 Å². The van der Waals surface area contributed by atoms with Crippen LogP contribution in [0.15, 0.2) is 12.4 Å². The summed E-state index contributed by atoms with van der Waals surface area (Å²) in [5.41, 5.74) is 5.79. The normalized spacial score (nSPS) is 12.2. The van der Waals surface area contributed by atoms with Gasteiger partial charge in [-0.1, -0.05) is 20.3 Å². The highest BCUT2D eigenvalue weighted by Crippen LogP contribution is 2.08. The molecule has 0 aliphatic heterocycles. The highest BCUT2D eigenvalue weighted by atomic mass is 16.2. The van der Waals surface area contributed by atoms with E-state index in [1.54, 1.807) is 4.90 Å². The Bertz CT molecular complexity index is 363. The van der Waals surface area contributed by atoms with Gasteiger partial charge in [0.05, 0.1) is 12.4 Å². The molecule has 2 N–H and O–H groups in total. The molecule has 1 heterocycles. The highest BCUT2D eigenvalue weighted by Gasteiger charge is 2.17. The van der Waals surface area contributed by atoms with Crippen LogP contribution in [0, 0.1) is 5.92 Å². The van der Waals surface area contributed by atoms with Crippen LogP contribution < -0.4 is 5.73 Å². The van der Waals surface area contributed by atoms with Gasteiger partial charge in [0.1, 0.15) is 11.5 Å². The van der Waals surface area contributed by atoms with Gasteiger partial charge in [-0.2, -0.15) is 0 Å². The lowest BCUT2D eigenvalue weighted by atomic mass is 10.1. The minimum Gasteiger partial charge on any atom is -0.382 e. The van der Waals surface area contributed by atoms with Crippen LogP contribution in [-0.2, 0) is 0 Å². The monoisotopic (exact) mass is 236 g/mol. The molecule has 0 spiro atoms. The maximum absolute atomic E-state index is 12.1. The molecule has 5 nitrogen and oxygen atoms in total. The number of anilines is 1. The molecule has 0 aliphatic carbocycles. The van der Waals surface area contributed by atoms with Crippen molar-refractivity contribution >= 4 is 11.7 Å². The Morgan fingerprint density at radius 2 is 2.12 bits per heavy atom. The van der Waals surface area contributed by atoms with Gasteiger partial charge in [0.25, 0.3) is 5.91 Å². The molecule has 0 saturated carbocycles. The fourth-order valence-corrected chi connectivity index (χ4v) is 1.47. The van der Waals surface area contributed by atoms with E-state index in [9.17, 15) is 4.79 Å². The molecule has 5 heteroatoms. The molecule has 1 rings (SSSR count). The van der Waals surface area contributed by atoms with Gasteiger partial charge < -0.3 is 10.6 Å². The molecule has 0 aliphatic rings. The van der Waals surface area contributed by atoms with Crippen LogP contribution in [0.1, 0.15) is 37.7 Å². The van der Waals surface area contributed by atoms with Crippen LogP contribution in [0.25, 0.3) is 0 Å². The van der Waals surface area contributed by atoms with Crippen molar-refractivity contribution < 1.29 is 4.79 Å². The molecular formula is C12H20N4O. The molecule has 1 aromatic rings. The zero-order valence-electron chi connectivity index (χ0n) is 10.7. The smallest absolute Gasteiger partial charge is 0.274 e. The first-order valence-electron chi connectivity index (χ1n) is 5.95. The molecule has 1 aromatic heterocycles. The number of carbonyl (C=O) groups is 1. The summed E-state index contributed by atoms with van der Waals surface area (Å²) in [4.78, 5) is 21.8. The summed E-state index contributed by atoms with van der Waals surface area (Å²) in [7, 11) is 0. The molecule has 1 unspecified atom stereocenters. The van der Waals surface area contributed by atoms with Gasteiger partial charge in [-0.05, 0) is 12.8 Å². The van der Waals surface area contributed by atoms with Gasteiger partial charge >= 0.3 is 0 Å². The largest absolute Gasteiger partial charge is 0.382 e. The first-order valence-corrected chi connectivity index (χ1v) is 5.95. The molecule has 1 amide bonds. The minimum absolute atomic E-state index is 0.0831. The van der Waals surface area contributed by atoms with Crippen molar-refractivity contribution in [3.63, 3.8) is 0 Å². The molecule has 0 bridgehead atoms. The lowest BCUT2D eigenvalue weighted by Gasteiger charge is -2.23. The lowest BCUT2D eigenvalue weighted by Crippen LogP contribution is -2.35. The predicted octanol–water partition coefficient (Wildman–Crippen LogP) is 1.57. The highest BCUT2D eigenvalue weighted by molar-refractivity contribution is 5.92. The van der Waals surface area contributed by atoms with Gasteiger partial charge in [0, 0.05) is 13.1 Å². The van der Waals surface area contributed by atoms with E-state index in [4.69, 9.17) is 5.73 Å². The van der Waals surface area contributed by atoms with Gasteiger partial charge in [-0.25, -0.2) is 9.97 Å². The van der Waals surface area contributed by atoms with E-state index in [1.807, 2.05) is 6.92 Å². The Morgan fingerprint density at radius 1 is 1.41 bits per heavy atom. The maximum atomic E-state index is 12.1. The Morgan fingerprint density at radius 3 is 2.59 bits per heavy atom. The molecule has 1 atom stereocenters. The second-order valence-corrected chi connectivity index (χ2v) is 4.18. The van der Waals surface area contributed by atoms with Crippen molar-refractivity contribution in [2.75, 3.05) is 18.8 Å². The van der Waals surface area contributed by atoms with E-state index in [0.29, 0.717) is 24.0 Å². The van der Waals surface area contributed by atoms with Crippen LogP contribution in [0.3, 0.4) is 0 Å². The summed E-state index contributed by atoms with van der Waals surface area (Å²) in [5.74, 6) is 0.729. The number of nitrogens with two attached hydrogens (primary N) is 1. The Labute approximate surface area is 102 Å². The maximum Gasteiger partial charge on any atom is 0.274 e. The summed E-state index contributed by atoms with van der Waals surface area (Å²) in [6.45, 7) is 7.63. The quantitative estimate of drug-likeness (QED) is 0.842. The number of aromatic nitrogens is 2. The average molecular weight is 236 g/mol. The third-order valence-corrected chi connectivity index (χ3v) is 2.79. The number of hydrogen-bond donors (Lipinski definition) is 1. The SMILES string of the molecule is CCC(C)CN(CC)C(=O)c1cnc(N)cn1. The molecule has 0 saturated heterocycles. The zero-order valence-corrected chi connectivity index (χ0v) is 10.7. The summed E-state index contributed by atoms with van der Waals surface area (Å²) in [6, 6.07) is 0. The minimum atomic E-state index is -0.0831. The third kappa shape index (κ3) is 3.69. The lowest BCUT2D eigenvalue weighted by molar-refractivity contribution is 0.0734. The van der Waals surface area contributed by atoms with Crippen LogP contribution in [0.2, 0.25) is 0 Å². The number of nitrogen functional groups attached to an aromatic ring is 1. The van der Waals surface area contributed by atoms with Gasteiger partial charge in [-0.15, -0.1) is 0 Å². The molecule has 0 fully saturated rings. The molecule has 0 aromatic carbocycles. The summed E-state index contributed by atoms with van der Waals surface area (Å²) in [6.07, 6.45) is 3.89. The number of amides is 1. The van der Waals surface area contributed by atoms with Crippen molar-refractivity contribution in [2.45, 2.75) is 27.2 Å². The van der Waals surface area contributed by atoms with E-state index >= 15 is 0 Å². The number of carbonyl (C=O) groups excluding carboxylic acids is 1. The molecular weight excluding hydrogens is 216 g/mol. The first-order chi connectivity index (χ1) is 8.08. The van der Waals surface area contributed by atoms with Crippen molar-refractivity contribution in [3.8, 4) is 0 Å². The fourth-order valence-electron chi connectivity index (χ4n) is 1.47. The third-order valence-electron chi connectivity index (χ3n) is 2.79. The van der Waals surface area contributed by atoms with Gasteiger partial charge in [-0.3, -0.25) is 4.79 Å². The van der Waals surface area contributed by atoms with Crippen molar-refractivity contribution in [3.05, 3.63) is 18.1 Å². The number of rotatable bonds is 5. The summed E-state index contributed by atoms with van der Waals surface area (Å²) < 4.78 is 0. The van der Waals surface area contributed by atoms with Crippen LogP contribution in [-0.4, -0.2) is 33.9 Å². The van der Waals surface area contributed by atoms with Gasteiger partial charge in [0.15, 0.2) is 0 Å². The van der Waals surface area contributed by atoms with Crippen LogP contribution in [0.5, 0.6) is 0 Å². The van der Waals surface area contributed by atoms with Crippen molar-refractivity contribution in [2.24, 2.45) is 5.92 Å². The van der Waals surface area contributed by atoms with Gasteiger partial charge in [0.2, 0.25) is 0 Å². The number of nitrogens with zero attached hydrogens (tertiary/aromatic N) is 3. The van der Waals surface area contributed by atoms with Crippen LogP contribution >= 0.6 is 0 Å². The second-order valence-electron chi connectivity index (χ2n) is 4.18. The van der Waals surface area contributed by atoms with E-state index in [1.165, 1.54) is 12.4 Å². The van der Waals surface area contributed by atoms with E-state index in [-0.39, 0.29) is 5.91 Å². The summed E-state index contributed by atoms with van der Waals surface area (Å²) in [5, 5.41) is 0. The standard InChI is InChI=1S/C12H20N4O/c1-4-9(3)8-16(5-2)12(17)10-6-15-11(13)7-14-10/h6-7,9H,4-5,8H2,1-3H3,(H2,13,15). The Kier molecular flexibility index (Phi) is 4.87. The predicted molar refractivity (Wildman–Crippen MR) is 67.5 cm³/mol. The van der Waals surface area contributed by atoms with Crippen molar-refractivity contribution in [1.29, 1.82) is 0 Å². The molecule has 17 heavy (non-hydrogen) atoms. The van der Waals surface area contributed by atoms with E-state index in [0.717, 1.165) is 13.0 Å². The molecule has 94 valence electrons.